The van der Waals surface area contributed by atoms with Crippen LogP contribution in [-0.2, 0) is 9.53 Å². The first-order valence-electron chi connectivity index (χ1n) is 14.6. The van der Waals surface area contributed by atoms with Gasteiger partial charge >= 0.3 is 0 Å². The van der Waals surface area contributed by atoms with Crippen LogP contribution in [0.5, 0.6) is 0 Å². The van der Waals surface area contributed by atoms with E-state index in [0.29, 0.717) is 24.4 Å². The van der Waals surface area contributed by atoms with Gasteiger partial charge in [-0.15, -0.1) is 0 Å². The molecule has 196 valence electrons. The van der Waals surface area contributed by atoms with E-state index >= 15 is 0 Å². The summed E-state index contributed by atoms with van der Waals surface area (Å²) in [5.41, 5.74) is 0.607. The smallest absolute Gasteiger partial charge is 0.224 e. The van der Waals surface area contributed by atoms with Gasteiger partial charge in [-0.05, 0) is 98.2 Å². The van der Waals surface area contributed by atoms with E-state index in [0.717, 1.165) is 42.4 Å². The zero-order valence-electron chi connectivity index (χ0n) is 23.2. The van der Waals surface area contributed by atoms with Gasteiger partial charge in [-0.3, -0.25) is 4.79 Å². The lowest BCUT2D eigenvalue weighted by atomic mass is 9.45. The first-order chi connectivity index (χ1) is 16.0. The highest BCUT2D eigenvalue weighted by atomic mass is 79.9. The summed E-state index contributed by atoms with van der Waals surface area (Å²) >= 11 is 4.32. The predicted octanol–water partition coefficient (Wildman–Crippen LogP) is 8.06. The molecule has 0 spiro atoms. The molecule has 0 bridgehead atoms. The Balaban J connectivity index is 1.57. The van der Waals surface area contributed by atoms with E-state index in [4.69, 9.17) is 4.74 Å². The van der Waals surface area contributed by atoms with Crippen LogP contribution >= 0.6 is 15.9 Å². The summed E-state index contributed by atoms with van der Waals surface area (Å²) in [6.07, 6.45) is 13.6. The Morgan fingerprint density at radius 3 is 2.44 bits per heavy atom. The van der Waals surface area contributed by atoms with E-state index in [2.05, 4.69) is 57.5 Å². The number of hydrogen-bond acceptors (Lipinski definition) is 2. The van der Waals surface area contributed by atoms with Gasteiger partial charge in [-0.2, -0.15) is 0 Å². The van der Waals surface area contributed by atoms with E-state index in [1.807, 2.05) is 11.9 Å². The number of nitrogens with zero attached hydrogens (tertiary/aromatic N) is 1. The zero-order chi connectivity index (χ0) is 24.9. The lowest BCUT2D eigenvalue weighted by Crippen LogP contribution is -2.64. The summed E-state index contributed by atoms with van der Waals surface area (Å²) in [6, 6.07) is 0. The second-order valence-corrected chi connectivity index (χ2v) is 15.0. The minimum atomic E-state index is -0.163. The maximum atomic E-state index is 13.0. The normalized spacial score (nSPS) is 45.5. The van der Waals surface area contributed by atoms with Crippen molar-refractivity contribution >= 4 is 21.8 Å². The maximum absolute atomic E-state index is 13.0. The maximum Gasteiger partial charge on any atom is 0.224 e. The molecule has 0 aromatic heterocycles. The Morgan fingerprint density at radius 1 is 1.03 bits per heavy atom. The van der Waals surface area contributed by atoms with Crippen molar-refractivity contribution in [3.05, 3.63) is 0 Å². The summed E-state index contributed by atoms with van der Waals surface area (Å²) in [6.45, 7) is 15.2. The van der Waals surface area contributed by atoms with E-state index in [9.17, 15) is 4.79 Å². The van der Waals surface area contributed by atoms with Crippen molar-refractivity contribution in [1.82, 2.24) is 4.90 Å². The van der Waals surface area contributed by atoms with Gasteiger partial charge in [0, 0.05) is 20.1 Å². The van der Waals surface area contributed by atoms with E-state index in [1.165, 1.54) is 51.4 Å². The summed E-state index contributed by atoms with van der Waals surface area (Å²) in [7, 11) is 1.96. The third-order valence-electron chi connectivity index (χ3n) is 11.6. The molecule has 3 saturated carbocycles. The molecule has 0 radical (unpaired) electrons. The van der Waals surface area contributed by atoms with Crippen molar-refractivity contribution in [1.29, 1.82) is 0 Å². The molecule has 1 saturated heterocycles. The molecule has 0 N–H and O–H groups in total. The average Bonchev–Trinajstić information content (AvgIpc) is 3.11. The van der Waals surface area contributed by atoms with Gasteiger partial charge in [0.25, 0.3) is 0 Å². The predicted molar refractivity (Wildman–Crippen MR) is 145 cm³/mol. The Labute approximate surface area is 218 Å². The Hall–Kier alpha value is -0.0900. The van der Waals surface area contributed by atoms with Crippen LogP contribution in [0.25, 0.3) is 0 Å². The van der Waals surface area contributed by atoms with Crippen LogP contribution in [0.4, 0.5) is 0 Å². The fraction of sp³-hybridized carbons (Fsp3) is 0.967. The number of rotatable bonds is 7. The van der Waals surface area contributed by atoms with Crippen molar-refractivity contribution in [2.45, 2.75) is 123 Å². The van der Waals surface area contributed by atoms with Gasteiger partial charge in [0.2, 0.25) is 5.91 Å². The van der Waals surface area contributed by atoms with Gasteiger partial charge in [0.05, 0.1) is 4.32 Å². The van der Waals surface area contributed by atoms with Crippen LogP contribution in [0.15, 0.2) is 0 Å². The first kappa shape index (κ1) is 27.0. The molecule has 0 aromatic carbocycles. The van der Waals surface area contributed by atoms with E-state index in [-0.39, 0.29) is 21.9 Å². The molecule has 1 heterocycles. The summed E-state index contributed by atoms with van der Waals surface area (Å²) in [4.78, 5) is 14.9. The first-order valence-corrected chi connectivity index (χ1v) is 15.3. The standard InChI is InChI=1S/C30H52BrNO2/c1-8-34-27-30(31)19-14-22-24-13-12-23(21(4)11-9-10-20(2)3)28(24,5)17-15-25(22)29(30,6)18-16-26(33)32(27)7/h20-25,27H,8-19H2,1-7H3/t21-,22+,23-,24+,25+,27-,28-,29-,30-/m1/s1. The van der Waals surface area contributed by atoms with Gasteiger partial charge in [-0.1, -0.05) is 69.8 Å². The molecule has 9 atom stereocenters. The average molecular weight is 539 g/mol. The number of hydrogen-bond donors (Lipinski definition) is 0. The van der Waals surface area contributed by atoms with Gasteiger partial charge in [0.15, 0.2) is 0 Å². The van der Waals surface area contributed by atoms with E-state index < -0.39 is 0 Å². The van der Waals surface area contributed by atoms with Crippen molar-refractivity contribution < 1.29 is 9.53 Å². The SMILES string of the molecule is CCO[C@H]1N(C)C(=O)CC[C@]2(C)[C@H]3CC[C@]4(C)[C@@H]([C@H](C)CCCC(C)C)CC[C@H]4[C@@H]3CC[C@@]12Br. The molecule has 4 rings (SSSR count). The second kappa shape index (κ2) is 9.99. The van der Waals surface area contributed by atoms with Crippen LogP contribution < -0.4 is 0 Å². The molecule has 34 heavy (non-hydrogen) atoms. The number of alkyl halides is 1. The zero-order valence-corrected chi connectivity index (χ0v) is 24.8. The summed E-state index contributed by atoms with van der Waals surface area (Å²) in [5, 5.41) is 0. The lowest BCUT2D eigenvalue weighted by molar-refractivity contribution is -0.157. The summed E-state index contributed by atoms with van der Waals surface area (Å²) in [5.74, 6) is 5.19. The third-order valence-corrected chi connectivity index (χ3v) is 13.3. The third kappa shape index (κ3) is 4.23. The van der Waals surface area contributed by atoms with Gasteiger partial charge < -0.3 is 9.64 Å². The number of ether oxygens (including phenoxy) is 1. The van der Waals surface area contributed by atoms with Gasteiger partial charge in [-0.25, -0.2) is 0 Å². The highest BCUT2D eigenvalue weighted by molar-refractivity contribution is 9.10. The van der Waals surface area contributed by atoms with E-state index in [1.54, 1.807) is 0 Å². The molecule has 1 amide bonds. The van der Waals surface area contributed by atoms with Crippen LogP contribution in [0, 0.1) is 46.3 Å². The van der Waals surface area contributed by atoms with Crippen molar-refractivity contribution in [2.24, 2.45) is 46.3 Å². The molecular formula is C30H52BrNO2. The Morgan fingerprint density at radius 2 is 1.76 bits per heavy atom. The Kier molecular flexibility index (Phi) is 7.92. The number of fused-ring (bicyclic) bond motifs is 5. The molecule has 0 unspecified atom stereocenters. The van der Waals surface area contributed by atoms with Crippen LogP contribution in [-0.4, -0.2) is 35.0 Å². The molecule has 3 nitrogen and oxygen atoms in total. The van der Waals surface area contributed by atoms with Crippen molar-refractivity contribution in [2.75, 3.05) is 13.7 Å². The van der Waals surface area contributed by atoms with Crippen LogP contribution in [0.3, 0.4) is 0 Å². The van der Waals surface area contributed by atoms with Crippen molar-refractivity contribution in [3.8, 4) is 0 Å². The number of likely N-dealkylation sites (tertiary alicyclic amines) is 1. The largest absolute Gasteiger partial charge is 0.357 e. The molecule has 4 heteroatoms. The summed E-state index contributed by atoms with van der Waals surface area (Å²) < 4.78 is 6.19. The highest BCUT2D eigenvalue weighted by Gasteiger charge is 2.66. The quantitative estimate of drug-likeness (QED) is 0.307. The van der Waals surface area contributed by atoms with Crippen LogP contribution in [0.1, 0.15) is 112 Å². The molecular weight excluding hydrogens is 486 g/mol. The molecule has 0 aromatic rings. The topological polar surface area (TPSA) is 29.5 Å². The minimum Gasteiger partial charge on any atom is -0.357 e. The second-order valence-electron chi connectivity index (χ2n) is 13.5. The fourth-order valence-corrected chi connectivity index (χ4v) is 10.8. The fourth-order valence-electron chi connectivity index (χ4n) is 9.66. The Bertz CT molecular complexity index is 741. The number of carbonyl (C=O) groups excluding carboxylic acids is 1. The van der Waals surface area contributed by atoms with Crippen LogP contribution in [0.2, 0.25) is 0 Å². The number of amides is 1. The number of halogens is 1. The number of carbonyl (C=O) groups is 1. The molecule has 3 aliphatic carbocycles. The van der Waals surface area contributed by atoms with Crippen molar-refractivity contribution in [3.63, 3.8) is 0 Å². The minimum absolute atomic E-state index is 0.0957. The lowest BCUT2D eigenvalue weighted by Gasteiger charge is -2.63. The van der Waals surface area contributed by atoms with Gasteiger partial charge in [0.1, 0.15) is 6.23 Å². The molecule has 4 fully saturated rings. The monoisotopic (exact) mass is 537 g/mol. The highest BCUT2D eigenvalue weighted by Crippen LogP contribution is 2.70. The molecule has 1 aliphatic heterocycles. The molecule has 4 aliphatic rings.